The van der Waals surface area contributed by atoms with Gasteiger partial charge in [-0.1, -0.05) is 552 Å². The van der Waals surface area contributed by atoms with E-state index in [2.05, 4.69) is 564 Å². The Hall–Kier alpha value is -7.02. The maximum absolute atomic E-state index is 5.38. The quantitative estimate of drug-likeness (QED) is 0.0344. The molecule has 6 nitrogen and oxygen atoms in total. The third-order valence-corrected chi connectivity index (χ3v) is 21.9. The Bertz CT molecular complexity index is 3830. The summed E-state index contributed by atoms with van der Waals surface area (Å²) in [5.74, 6) is 0. The van der Waals surface area contributed by atoms with Crippen molar-refractivity contribution >= 4 is 56.8 Å². The molecule has 0 heterocycles. The smallest absolute Gasteiger partial charge is 0.0828 e. The first-order valence-corrected chi connectivity index (χ1v) is 57.6. The van der Waals surface area contributed by atoms with Gasteiger partial charge in [0, 0.05) is 56.8 Å². The summed E-state index contributed by atoms with van der Waals surface area (Å²) in [6.45, 7) is 25.9. The Morgan fingerprint density at radius 3 is 0.451 bits per heavy atom. The van der Waals surface area contributed by atoms with E-state index in [0.29, 0.717) is 0 Å². The number of hydrogen-bond acceptors (Lipinski definition) is 6. The minimum absolute atomic E-state index is 0.114. The zero-order valence-electron chi connectivity index (χ0n) is 92.6. The van der Waals surface area contributed by atoms with Gasteiger partial charge in [-0.3, -0.25) is 0 Å². The predicted molar refractivity (Wildman–Crippen MR) is 679 cm³/mol. The molecule has 0 fully saturated rings. The van der Waals surface area contributed by atoms with E-state index in [1.54, 1.807) is 0 Å². The Balaban J connectivity index is -0.000000397. The average Bonchev–Trinajstić information content (AvgIpc) is 1.01. The molecule has 0 N–H and O–H groups in total. The van der Waals surface area contributed by atoms with Gasteiger partial charge in [-0.25, -0.2) is 0 Å². The highest BCUT2D eigenvalue weighted by molar-refractivity contribution is 7.10. The van der Waals surface area contributed by atoms with Crippen molar-refractivity contribution in [2.75, 3.05) is 0 Å². The lowest BCUT2D eigenvalue weighted by Crippen LogP contribution is -2.00. The molecule has 0 aromatic rings. The second-order valence-electron chi connectivity index (χ2n) is 33.1. The maximum atomic E-state index is 5.38. The molecular weight excluding hydrogens is 1870 g/mol. The second kappa shape index (κ2) is 144. The van der Waals surface area contributed by atoms with Crippen molar-refractivity contribution in [3.8, 4) is 0 Å². The van der Waals surface area contributed by atoms with Crippen LogP contribution in [0.4, 0.5) is 0 Å². The summed E-state index contributed by atoms with van der Waals surface area (Å²) >= 11 is 0. The molecule has 0 spiro atoms. The highest BCUT2D eigenvalue weighted by atomic mass is 31.0. The molecule has 0 aliphatic heterocycles. The number of unbranched alkanes of at least 4 members (excludes halogenated alkanes) is 6. The van der Waals surface area contributed by atoms with E-state index in [-0.39, 0.29) is 36.6 Å². The number of allylic oxidation sites excluding steroid dienone is 61. The molecule has 0 rings (SSSR count). The summed E-state index contributed by atoms with van der Waals surface area (Å²) in [4.78, 5) is 0. The van der Waals surface area contributed by atoms with Crippen LogP contribution in [-0.2, 0) is 27.1 Å². The first-order valence-electron chi connectivity index (χ1n) is 54.8. The van der Waals surface area contributed by atoms with Crippen LogP contribution < -0.4 is 0 Å². The van der Waals surface area contributed by atoms with Crippen LogP contribution in [-0.4, -0.2) is 36.6 Å². The van der Waals surface area contributed by atoms with Gasteiger partial charge in [0.15, 0.2) is 0 Å². The van der Waals surface area contributed by atoms with E-state index in [1.165, 1.54) is 77.0 Å². The summed E-state index contributed by atoms with van der Waals surface area (Å²) in [5, 5.41) is 0. The second-order valence-corrected chi connectivity index (χ2v) is 34.7. The van der Waals surface area contributed by atoms with Crippen molar-refractivity contribution in [3.63, 3.8) is 0 Å². The van der Waals surface area contributed by atoms with Crippen molar-refractivity contribution in [2.45, 2.75) is 389 Å². The first-order chi connectivity index (χ1) is 71.1. The monoisotopic (exact) mass is 2080 g/mol. The van der Waals surface area contributed by atoms with Crippen molar-refractivity contribution < 1.29 is 27.1 Å². The van der Waals surface area contributed by atoms with Crippen molar-refractivity contribution in [2.24, 2.45) is 0 Å². The molecule has 0 saturated carbocycles. The lowest BCUT2D eigenvalue weighted by Gasteiger charge is -2.06. The van der Waals surface area contributed by atoms with E-state index < -0.39 is 0 Å². The predicted octanol–water partition coefficient (Wildman–Crippen LogP) is 43.6. The van der Waals surface area contributed by atoms with Gasteiger partial charge in [0.25, 0.3) is 0 Å². The summed E-state index contributed by atoms with van der Waals surface area (Å²) in [6, 6.07) is 0. The molecule has 0 saturated heterocycles. The van der Waals surface area contributed by atoms with Gasteiger partial charge in [-0.15, -0.1) is 0 Å². The topological polar surface area (TPSA) is 55.4 Å². The highest BCUT2D eigenvalue weighted by Crippen LogP contribution is 2.15. The first kappa shape index (κ1) is 148. The molecule has 804 valence electrons. The molecular formula is C132H210O6P6. The van der Waals surface area contributed by atoms with E-state index in [4.69, 9.17) is 27.1 Å². The van der Waals surface area contributed by atoms with Crippen LogP contribution in [0.15, 0.2) is 437 Å². The summed E-state index contributed by atoms with van der Waals surface area (Å²) in [5.41, 5.74) is 0. The Morgan fingerprint density at radius 1 is 0.146 bits per heavy atom. The van der Waals surface area contributed by atoms with Gasteiger partial charge < -0.3 is 27.1 Å². The van der Waals surface area contributed by atoms with Crippen molar-refractivity contribution in [1.82, 2.24) is 0 Å². The molecule has 0 aromatic heterocycles. The van der Waals surface area contributed by atoms with E-state index in [1.807, 2.05) is 13.0 Å². The lowest BCUT2D eigenvalue weighted by atomic mass is 10.2. The number of rotatable bonds is 84. The number of hydrogen-bond donors (Lipinski definition) is 0. The third-order valence-electron chi connectivity index (χ3n) is 19.8. The highest BCUT2D eigenvalue weighted by Gasteiger charge is 2.03. The largest absolute Gasteiger partial charge is 0.358 e. The molecule has 12 heteroatoms. The Labute approximate surface area is 904 Å². The zero-order chi connectivity index (χ0) is 106. The van der Waals surface area contributed by atoms with Gasteiger partial charge in [-0.05, 0) is 238 Å². The van der Waals surface area contributed by atoms with E-state index in [9.17, 15) is 0 Å². The van der Waals surface area contributed by atoms with Crippen LogP contribution in [0, 0.1) is 0 Å². The fraction of sp³-hybridized carbons (Fsp3) is 0.455. The minimum atomic E-state index is 0.114. The fourth-order valence-corrected chi connectivity index (χ4v) is 12.9. The van der Waals surface area contributed by atoms with Gasteiger partial charge in [-0.2, -0.15) is 0 Å². The van der Waals surface area contributed by atoms with Crippen LogP contribution in [0.3, 0.4) is 0 Å². The molecule has 0 aromatic carbocycles. The standard InChI is InChI=1S/6C22H35OP/c1-3-5-6-7-8-9-10-11-12-13-14-15-16-17-18-19-20-21-22(4-2)23-24;1-3-5-6-7-8-9-10-11-12-13-14-15-16-17-18-19-21-22(23-24)20-4-2;1-3-5-7-8-9-10-11-12-13-14-15-16-17-19-21-22(23-24)20-18-6-4-2;1-3-5-7-9-10-11-12-13-14-15-16-17-19-21-22(23-24)20-18-8-6-4-2;1-3-5-7-9-11-12-13-14-15-17-19-21-22(23-24)20-18-16-10-8-6-4-2;1-3-5-7-9-11-12-13-15-17-19-21-22(23-24)20-18-16-14-10-8-6-4-2/h6-7,9-10,12-13,15-16,18-22H,3-5,8,11,14,17,24H2,1-2H3;4,6-7,9-10,12-13,15-16,18-20,22H,3,5,8,11,14,17,21,24H2,1-2H3;6-8,10-11,13-14,16-19,21-22H,3-5,9,12,15,20,24H2,1-2H3;6-9,11-12,14-15,17-20,22H,3-5,10,13,16,21,24H2,1-2H3;6-9,12-13,15-19,21-22H,3-5,10-11,14,20,24H2,1-2H3;6-9,12-14,16-20,22H,3-5,10-11,15,21,24H2,1-2H3/b7-6-,10-9-,13-12-,16-15-,19-18-,21-20+;7-6-,10-9-,13-12-,16-15-,19-18-,20-4+;8-7-,11-10-,14-13-,17-16-,18-6-,21-19+;8-6-,9-7-,12-11-,15-14-,19-17-,20-18+;8-6-,9-7-,13-12-,17-15-,18-16-,21-19-;8-6-,9-7-,13-12-,16-14-,19-17-,20-18+. The van der Waals surface area contributed by atoms with Crippen LogP contribution in [0.2, 0.25) is 0 Å². The SMILES string of the molecule is C/C=C/C(C/C=C\C/C=C\C/C=C\C/C=C\C/C=C\CCC)OP.CC/C=C\C/C=C\C=C\C(C/C=C\C/C=C\C/C=C\CCC)OP.CC/C=C\C/C=C\CC(/C=C\C=C/C/C=C\C/C=C\CCC)OP.CC/C=C\C=C\C(C/C=C\C/C=C\C/C=C\C/C=C\CCC)OP.CC/C=C\CC(/C=C/C=C\C/C=C\C/C=C\C/C=C\CCC)OP.CCC/C=C\C/C=C\C/C=C\C/C=C\C/C=C\C=C\C(CC)OP. The van der Waals surface area contributed by atoms with Gasteiger partial charge in [0.1, 0.15) is 0 Å². The minimum Gasteiger partial charge on any atom is -0.358 e. The molecule has 144 heavy (non-hydrogen) atoms. The summed E-state index contributed by atoms with van der Waals surface area (Å²) in [6.07, 6.45) is 202. The Morgan fingerprint density at radius 2 is 0.285 bits per heavy atom. The lowest BCUT2D eigenvalue weighted by molar-refractivity contribution is 0.289. The van der Waals surface area contributed by atoms with E-state index in [0.717, 1.165) is 193 Å². The van der Waals surface area contributed by atoms with Crippen LogP contribution >= 0.6 is 56.8 Å². The van der Waals surface area contributed by atoms with Gasteiger partial charge in [0.05, 0.1) is 36.6 Å². The van der Waals surface area contributed by atoms with Crippen LogP contribution in [0.5, 0.6) is 0 Å². The van der Waals surface area contributed by atoms with Crippen LogP contribution in [0.25, 0.3) is 0 Å². The maximum Gasteiger partial charge on any atom is 0.0828 e. The van der Waals surface area contributed by atoms with Crippen molar-refractivity contribution in [3.05, 3.63) is 437 Å². The van der Waals surface area contributed by atoms with Gasteiger partial charge >= 0.3 is 0 Å². The molecule has 12 unspecified atom stereocenters. The average molecular weight is 2080 g/mol. The Kier molecular flexibility index (Phi) is 148. The summed E-state index contributed by atoms with van der Waals surface area (Å²) < 4.78 is 31.9. The van der Waals surface area contributed by atoms with Gasteiger partial charge in [0.2, 0.25) is 0 Å². The van der Waals surface area contributed by atoms with Crippen molar-refractivity contribution in [1.29, 1.82) is 0 Å². The molecule has 12 atom stereocenters. The summed E-state index contributed by atoms with van der Waals surface area (Å²) in [7, 11) is 14.1. The third kappa shape index (κ3) is 141. The normalized spacial score (nSPS) is 14.6. The molecule has 0 bridgehead atoms. The molecule has 0 aliphatic carbocycles. The van der Waals surface area contributed by atoms with E-state index >= 15 is 0 Å². The fourth-order valence-electron chi connectivity index (χ4n) is 11.6. The molecule has 0 radical (unpaired) electrons. The molecule has 0 amide bonds. The van der Waals surface area contributed by atoms with Crippen LogP contribution in [0.1, 0.15) is 353 Å². The zero-order valence-corrected chi connectivity index (χ0v) is 99.6. The molecule has 0 aliphatic rings.